The van der Waals surface area contributed by atoms with Crippen LogP contribution in [0.25, 0.3) is 0 Å². The van der Waals surface area contributed by atoms with Crippen LogP contribution in [0.4, 0.5) is 0 Å². The van der Waals surface area contributed by atoms with E-state index in [2.05, 4.69) is 5.32 Å². The molecule has 2 rings (SSSR count). The lowest BCUT2D eigenvalue weighted by atomic mass is 10.0. The zero-order valence-electron chi connectivity index (χ0n) is 7.66. The van der Waals surface area contributed by atoms with Gasteiger partial charge in [-0.15, -0.1) is 0 Å². The lowest BCUT2D eigenvalue weighted by molar-refractivity contribution is 0.0965. The van der Waals surface area contributed by atoms with Crippen LogP contribution < -0.4 is 11.1 Å². The van der Waals surface area contributed by atoms with Crippen molar-refractivity contribution in [2.75, 3.05) is 6.54 Å². The standard InChI is InChI=1S/C10H12N2O2/c11-4-9(13)6-1-2-7-5-12-10(14)8(7)3-6/h1-3,9,13H,4-5,11H2,(H,12,14). The molecule has 0 saturated heterocycles. The van der Waals surface area contributed by atoms with E-state index in [-0.39, 0.29) is 12.5 Å². The molecule has 0 aromatic heterocycles. The Morgan fingerprint density at radius 1 is 1.57 bits per heavy atom. The fourth-order valence-electron chi connectivity index (χ4n) is 1.57. The average Bonchev–Trinajstić information content (AvgIpc) is 2.59. The van der Waals surface area contributed by atoms with Gasteiger partial charge in [-0.05, 0) is 17.2 Å². The van der Waals surface area contributed by atoms with Crippen molar-refractivity contribution in [2.24, 2.45) is 5.73 Å². The number of rotatable bonds is 2. The Morgan fingerprint density at radius 2 is 2.36 bits per heavy atom. The van der Waals surface area contributed by atoms with Crippen LogP contribution in [0.15, 0.2) is 18.2 Å². The Morgan fingerprint density at radius 3 is 3.07 bits per heavy atom. The number of benzene rings is 1. The summed E-state index contributed by atoms with van der Waals surface area (Å²) in [4.78, 5) is 11.3. The van der Waals surface area contributed by atoms with Gasteiger partial charge in [-0.25, -0.2) is 0 Å². The van der Waals surface area contributed by atoms with Crippen molar-refractivity contribution in [3.05, 3.63) is 34.9 Å². The highest BCUT2D eigenvalue weighted by molar-refractivity contribution is 5.98. The number of carbonyl (C=O) groups is 1. The average molecular weight is 192 g/mol. The molecule has 4 heteroatoms. The third kappa shape index (κ3) is 1.38. The van der Waals surface area contributed by atoms with Gasteiger partial charge in [0.2, 0.25) is 0 Å². The van der Waals surface area contributed by atoms with E-state index in [0.29, 0.717) is 17.7 Å². The van der Waals surface area contributed by atoms with E-state index >= 15 is 0 Å². The molecule has 0 aliphatic carbocycles. The van der Waals surface area contributed by atoms with Crippen molar-refractivity contribution < 1.29 is 9.90 Å². The van der Waals surface area contributed by atoms with Crippen LogP contribution >= 0.6 is 0 Å². The maximum Gasteiger partial charge on any atom is 0.251 e. The summed E-state index contributed by atoms with van der Waals surface area (Å²) in [5, 5.41) is 12.2. The number of hydrogen-bond acceptors (Lipinski definition) is 3. The van der Waals surface area contributed by atoms with Gasteiger partial charge in [-0.2, -0.15) is 0 Å². The van der Waals surface area contributed by atoms with Crippen molar-refractivity contribution in [3.63, 3.8) is 0 Å². The van der Waals surface area contributed by atoms with Gasteiger partial charge in [-0.1, -0.05) is 12.1 Å². The van der Waals surface area contributed by atoms with Crippen LogP contribution in [0, 0.1) is 0 Å². The fourth-order valence-corrected chi connectivity index (χ4v) is 1.57. The molecule has 4 N–H and O–H groups in total. The quantitative estimate of drug-likeness (QED) is 0.613. The van der Waals surface area contributed by atoms with Crippen molar-refractivity contribution in [1.29, 1.82) is 0 Å². The van der Waals surface area contributed by atoms with Crippen molar-refractivity contribution >= 4 is 5.91 Å². The third-order valence-electron chi connectivity index (χ3n) is 2.43. The number of carbonyl (C=O) groups excluding carboxylic acids is 1. The summed E-state index contributed by atoms with van der Waals surface area (Å²) in [5.41, 5.74) is 7.65. The van der Waals surface area contributed by atoms with E-state index in [1.165, 1.54) is 0 Å². The van der Waals surface area contributed by atoms with E-state index in [4.69, 9.17) is 5.73 Å². The number of nitrogens with one attached hydrogen (secondary N) is 1. The van der Waals surface area contributed by atoms with E-state index in [0.717, 1.165) is 5.56 Å². The second-order valence-electron chi connectivity index (χ2n) is 3.35. The van der Waals surface area contributed by atoms with E-state index < -0.39 is 6.10 Å². The van der Waals surface area contributed by atoms with Crippen LogP contribution in [0.1, 0.15) is 27.6 Å². The minimum atomic E-state index is -0.686. The fraction of sp³-hybridized carbons (Fsp3) is 0.300. The molecule has 1 heterocycles. The molecular formula is C10H12N2O2. The van der Waals surface area contributed by atoms with Crippen LogP contribution in [-0.4, -0.2) is 17.6 Å². The topological polar surface area (TPSA) is 75.3 Å². The van der Waals surface area contributed by atoms with Crippen LogP contribution in [0.5, 0.6) is 0 Å². The normalized spacial score (nSPS) is 16.3. The Balaban J connectivity index is 2.39. The molecular weight excluding hydrogens is 180 g/mol. The number of nitrogens with two attached hydrogens (primary N) is 1. The first-order valence-corrected chi connectivity index (χ1v) is 4.51. The van der Waals surface area contributed by atoms with Gasteiger partial charge in [0.1, 0.15) is 0 Å². The van der Waals surface area contributed by atoms with Gasteiger partial charge in [0, 0.05) is 18.7 Å². The van der Waals surface area contributed by atoms with E-state index in [9.17, 15) is 9.90 Å². The summed E-state index contributed by atoms with van der Waals surface area (Å²) in [6.07, 6.45) is -0.686. The first-order valence-electron chi connectivity index (χ1n) is 4.51. The Hall–Kier alpha value is -1.39. The Labute approximate surface area is 81.7 Å². The maximum atomic E-state index is 11.3. The predicted octanol–water partition coefficient (Wildman–Crippen LogP) is -0.0779. The van der Waals surface area contributed by atoms with Gasteiger partial charge in [-0.3, -0.25) is 4.79 Å². The number of fused-ring (bicyclic) bond motifs is 1. The molecule has 1 aliphatic rings. The largest absolute Gasteiger partial charge is 0.387 e. The van der Waals surface area contributed by atoms with Gasteiger partial charge in [0.05, 0.1) is 6.10 Å². The molecule has 1 atom stereocenters. The molecule has 0 fully saturated rings. The molecule has 14 heavy (non-hydrogen) atoms. The van der Waals surface area contributed by atoms with E-state index in [1.54, 1.807) is 12.1 Å². The molecule has 0 spiro atoms. The molecule has 4 nitrogen and oxygen atoms in total. The smallest absolute Gasteiger partial charge is 0.251 e. The molecule has 0 radical (unpaired) electrons. The van der Waals surface area contributed by atoms with Crippen molar-refractivity contribution in [1.82, 2.24) is 5.32 Å². The maximum absolute atomic E-state index is 11.3. The second kappa shape index (κ2) is 3.40. The summed E-state index contributed by atoms with van der Waals surface area (Å²) >= 11 is 0. The molecule has 1 aromatic rings. The van der Waals surface area contributed by atoms with Gasteiger partial charge in [0.25, 0.3) is 5.91 Å². The highest BCUT2D eigenvalue weighted by Gasteiger charge is 2.19. The molecule has 1 aliphatic heterocycles. The molecule has 1 aromatic carbocycles. The second-order valence-corrected chi connectivity index (χ2v) is 3.35. The summed E-state index contributed by atoms with van der Waals surface area (Å²) < 4.78 is 0. The predicted molar refractivity (Wildman–Crippen MR) is 51.6 cm³/mol. The lowest BCUT2D eigenvalue weighted by Crippen LogP contribution is -2.14. The Bertz CT molecular complexity index is 376. The minimum Gasteiger partial charge on any atom is -0.387 e. The van der Waals surface area contributed by atoms with Crippen molar-refractivity contribution in [2.45, 2.75) is 12.6 Å². The molecule has 0 saturated carbocycles. The van der Waals surface area contributed by atoms with Crippen LogP contribution in [0.3, 0.4) is 0 Å². The third-order valence-corrected chi connectivity index (χ3v) is 2.43. The molecule has 0 bridgehead atoms. The van der Waals surface area contributed by atoms with Crippen molar-refractivity contribution in [3.8, 4) is 0 Å². The Kier molecular flexibility index (Phi) is 2.23. The summed E-state index contributed by atoms with van der Waals surface area (Å²) in [7, 11) is 0. The first-order chi connectivity index (χ1) is 6.72. The zero-order chi connectivity index (χ0) is 10.1. The highest BCUT2D eigenvalue weighted by Crippen LogP contribution is 2.20. The zero-order valence-corrected chi connectivity index (χ0v) is 7.66. The summed E-state index contributed by atoms with van der Waals surface area (Å²) in [5.74, 6) is -0.0777. The van der Waals surface area contributed by atoms with Gasteiger partial charge in [0.15, 0.2) is 0 Å². The summed E-state index contributed by atoms with van der Waals surface area (Å²) in [6.45, 7) is 0.744. The number of amides is 1. The number of aliphatic hydroxyl groups is 1. The molecule has 1 amide bonds. The first kappa shape index (κ1) is 9.18. The lowest BCUT2D eigenvalue weighted by Gasteiger charge is -2.08. The summed E-state index contributed by atoms with van der Waals surface area (Å²) in [6, 6.07) is 5.35. The van der Waals surface area contributed by atoms with Gasteiger partial charge < -0.3 is 16.2 Å². The van der Waals surface area contributed by atoms with Crippen LogP contribution in [0.2, 0.25) is 0 Å². The monoisotopic (exact) mass is 192 g/mol. The number of aliphatic hydroxyl groups excluding tert-OH is 1. The van der Waals surface area contributed by atoms with E-state index in [1.807, 2.05) is 6.07 Å². The van der Waals surface area contributed by atoms with Crippen LogP contribution in [-0.2, 0) is 6.54 Å². The van der Waals surface area contributed by atoms with Gasteiger partial charge >= 0.3 is 0 Å². The molecule has 74 valence electrons. The highest BCUT2D eigenvalue weighted by atomic mass is 16.3. The number of hydrogen-bond donors (Lipinski definition) is 3. The SMILES string of the molecule is NCC(O)c1ccc2c(c1)C(=O)NC2. The minimum absolute atomic E-state index is 0.0777. The molecule has 1 unspecified atom stereocenters.